The zero-order valence-electron chi connectivity index (χ0n) is 9.21. The molecular formula is C13H16INO. The molecule has 1 fully saturated rings. The van der Waals surface area contributed by atoms with Gasteiger partial charge in [-0.15, -0.1) is 0 Å². The number of nitrogens with one attached hydrogen (secondary N) is 1. The first-order valence-electron chi connectivity index (χ1n) is 5.73. The van der Waals surface area contributed by atoms with Crippen molar-refractivity contribution in [2.75, 3.05) is 6.54 Å². The van der Waals surface area contributed by atoms with Crippen LogP contribution >= 0.6 is 22.6 Å². The highest BCUT2D eigenvalue weighted by Gasteiger charge is 2.19. The Morgan fingerprint density at radius 3 is 2.62 bits per heavy atom. The monoisotopic (exact) mass is 329 g/mol. The minimum absolute atomic E-state index is 0.328. The fourth-order valence-corrected chi connectivity index (χ4v) is 1.98. The number of carbonyl (C=O) groups is 1. The van der Waals surface area contributed by atoms with E-state index in [9.17, 15) is 4.79 Å². The second kappa shape index (κ2) is 5.77. The number of hydrogen-bond donors (Lipinski definition) is 1. The van der Waals surface area contributed by atoms with E-state index in [2.05, 4.69) is 27.9 Å². The minimum Gasteiger partial charge on any atom is -0.314 e. The third-order valence-electron chi connectivity index (χ3n) is 2.73. The van der Waals surface area contributed by atoms with Gasteiger partial charge in [-0.1, -0.05) is 12.1 Å². The van der Waals surface area contributed by atoms with Gasteiger partial charge in [-0.2, -0.15) is 0 Å². The van der Waals surface area contributed by atoms with Crippen molar-refractivity contribution in [1.29, 1.82) is 0 Å². The Morgan fingerprint density at radius 2 is 2.00 bits per heavy atom. The molecule has 0 saturated heterocycles. The van der Waals surface area contributed by atoms with Crippen LogP contribution in [-0.2, 0) is 11.2 Å². The molecule has 1 aliphatic rings. The molecule has 0 atom stereocenters. The molecule has 0 spiro atoms. The maximum atomic E-state index is 11.7. The second-order valence-corrected chi connectivity index (χ2v) is 5.57. The van der Waals surface area contributed by atoms with Crippen LogP contribution in [0.3, 0.4) is 0 Å². The standard InChI is InChI=1S/C13H16INO/c14-11-3-1-10(2-4-11)9-13(16)7-8-15-12-5-6-12/h1-4,12,15H,5-9H2. The number of hydrogen-bond acceptors (Lipinski definition) is 2. The van der Waals surface area contributed by atoms with Crippen molar-refractivity contribution in [3.63, 3.8) is 0 Å². The number of halogens is 1. The average Bonchev–Trinajstić information content (AvgIpc) is 3.05. The molecule has 0 radical (unpaired) electrons. The summed E-state index contributed by atoms with van der Waals surface area (Å²) in [6.07, 6.45) is 3.79. The Labute approximate surface area is 110 Å². The van der Waals surface area contributed by atoms with E-state index in [-0.39, 0.29) is 0 Å². The Morgan fingerprint density at radius 1 is 1.31 bits per heavy atom. The van der Waals surface area contributed by atoms with Gasteiger partial charge in [0.05, 0.1) is 0 Å². The molecule has 0 unspecified atom stereocenters. The van der Waals surface area contributed by atoms with Crippen LogP contribution in [0.15, 0.2) is 24.3 Å². The smallest absolute Gasteiger partial charge is 0.138 e. The van der Waals surface area contributed by atoms with Gasteiger partial charge < -0.3 is 5.32 Å². The molecule has 2 rings (SSSR count). The van der Waals surface area contributed by atoms with Gasteiger partial charge in [-0.25, -0.2) is 0 Å². The van der Waals surface area contributed by atoms with Gasteiger partial charge in [0.15, 0.2) is 0 Å². The van der Waals surface area contributed by atoms with Crippen molar-refractivity contribution in [3.05, 3.63) is 33.4 Å². The summed E-state index contributed by atoms with van der Waals surface area (Å²) in [5, 5.41) is 3.36. The summed E-state index contributed by atoms with van der Waals surface area (Å²) in [5.41, 5.74) is 1.12. The summed E-state index contributed by atoms with van der Waals surface area (Å²) in [5.74, 6) is 0.328. The number of carbonyl (C=O) groups excluding carboxylic acids is 1. The van der Waals surface area contributed by atoms with Gasteiger partial charge in [0, 0.05) is 29.0 Å². The van der Waals surface area contributed by atoms with E-state index in [1.54, 1.807) is 0 Å². The summed E-state index contributed by atoms with van der Waals surface area (Å²) < 4.78 is 1.21. The zero-order chi connectivity index (χ0) is 11.4. The minimum atomic E-state index is 0.328. The number of ketones is 1. The molecule has 86 valence electrons. The maximum Gasteiger partial charge on any atom is 0.138 e. The van der Waals surface area contributed by atoms with Crippen LogP contribution in [0, 0.1) is 3.57 Å². The molecular weight excluding hydrogens is 313 g/mol. The van der Waals surface area contributed by atoms with Gasteiger partial charge in [0.25, 0.3) is 0 Å². The zero-order valence-corrected chi connectivity index (χ0v) is 11.4. The number of Topliss-reactive ketones (excluding diaryl/α,β-unsaturated/α-hetero) is 1. The Bertz CT molecular complexity index is 357. The Kier molecular flexibility index (Phi) is 4.35. The first-order valence-corrected chi connectivity index (χ1v) is 6.81. The highest BCUT2D eigenvalue weighted by atomic mass is 127. The van der Waals surface area contributed by atoms with Crippen molar-refractivity contribution in [2.45, 2.75) is 31.7 Å². The third-order valence-corrected chi connectivity index (χ3v) is 3.45. The van der Waals surface area contributed by atoms with Crippen LogP contribution in [0.4, 0.5) is 0 Å². The predicted octanol–water partition coefficient (Wildman–Crippen LogP) is 2.54. The lowest BCUT2D eigenvalue weighted by atomic mass is 10.1. The van der Waals surface area contributed by atoms with Gasteiger partial charge in [0.1, 0.15) is 5.78 Å². The fourth-order valence-electron chi connectivity index (χ4n) is 1.62. The molecule has 2 nitrogen and oxygen atoms in total. The van der Waals surface area contributed by atoms with E-state index in [0.29, 0.717) is 24.7 Å². The van der Waals surface area contributed by atoms with Crippen molar-refractivity contribution >= 4 is 28.4 Å². The highest BCUT2D eigenvalue weighted by molar-refractivity contribution is 14.1. The SMILES string of the molecule is O=C(CCNC1CC1)Cc1ccc(I)cc1. The van der Waals surface area contributed by atoms with E-state index >= 15 is 0 Å². The van der Waals surface area contributed by atoms with Crippen molar-refractivity contribution < 1.29 is 4.79 Å². The van der Waals surface area contributed by atoms with Crippen molar-refractivity contribution in [3.8, 4) is 0 Å². The lowest BCUT2D eigenvalue weighted by Crippen LogP contribution is -2.20. The highest BCUT2D eigenvalue weighted by Crippen LogP contribution is 2.18. The Balaban J connectivity index is 1.70. The maximum absolute atomic E-state index is 11.7. The third kappa shape index (κ3) is 4.22. The van der Waals surface area contributed by atoms with E-state index in [1.807, 2.05) is 24.3 Å². The summed E-state index contributed by atoms with van der Waals surface area (Å²) in [6.45, 7) is 0.841. The fraction of sp³-hybridized carbons (Fsp3) is 0.462. The predicted molar refractivity (Wildman–Crippen MR) is 73.5 cm³/mol. The van der Waals surface area contributed by atoms with Gasteiger partial charge >= 0.3 is 0 Å². The van der Waals surface area contributed by atoms with E-state index in [1.165, 1.54) is 16.4 Å². The molecule has 0 bridgehead atoms. The van der Waals surface area contributed by atoms with Crippen LogP contribution in [0.5, 0.6) is 0 Å². The van der Waals surface area contributed by atoms with Crippen LogP contribution in [-0.4, -0.2) is 18.4 Å². The lowest BCUT2D eigenvalue weighted by Gasteiger charge is -2.03. The topological polar surface area (TPSA) is 29.1 Å². The van der Waals surface area contributed by atoms with Crippen LogP contribution in [0.2, 0.25) is 0 Å². The molecule has 0 heterocycles. The molecule has 0 amide bonds. The molecule has 1 saturated carbocycles. The molecule has 16 heavy (non-hydrogen) atoms. The van der Waals surface area contributed by atoms with Crippen LogP contribution < -0.4 is 5.32 Å². The summed E-state index contributed by atoms with van der Waals surface area (Å²) in [4.78, 5) is 11.7. The molecule has 1 aliphatic carbocycles. The van der Waals surface area contributed by atoms with Crippen LogP contribution in [0.25, 0.3) is 0 Å². The Hall–Kier alpha value is -0.420. The van der Waals surface area contributed by atoms with E-state index in [4.69, 9.17) is 0 Å². The summed E-state index contributed by atoms with van der Waals surface area (Å²) in [6, 6.07) is 8.87. The number of benzene rings is 1. The first kappa shape index (κ1) is 12.0. The van der Waals surface area contributed by atoms with E-state index in [0.717, 1.165) is 12.1 Å². The largest absolute Gasteiger partial charge is 0.314 e. The molecule has 1 aromatic carbocycles. The summed E-state index contributed by atoms with van der Waals surface area (Å²) in [7, 11) is 0. The average molecular weight is 329 g/mol. The molecule has 1 aromatic rings. The van der Waals surface area contributed by atoms with Gasteiger partial charge in [-0.05, 0) is 53.1 Å². The van der Waals surface area contributed by atoms with Gasteiger partial charge in [-0.3, -0.25) is 4.79 Å². The quantitative estimate of drug-likeness (QED) is 0.813. The molecule has 1 N–H and O–H groups in total. The van der Waals surface area contributed by atoms with Crippen LogP contribution in [0.1, 0.15) is 24.8 Å². The van der Waals surface area contributed by atoms with Gasteiger partial charge in [0.2, 0.25) is 0 Å². The molecule has 0 aromatic heterocycles. The lowest BCUT2D eigenvalue weighted by molar-refractivity contribution is -0.118. The van der Waals surface area contributed by atoms with E-state index < -0.39 is 0 Å². The van der Waals surface area contributed by atoms with Crippen molar-refractivity contribution in [1.82, 2.24) is 5.32 Å². The summed E-state index contributed by atoms with van der Waals surface area (Å²) >= 11 is 2.27. The van der Waals surface area contributed by atoms with Crippen molar-refractivity contribution in [2.24, 2.45) is 0 Å². The molecule has 3 heteroatoms. The normalized spacial score (nSPS) is 15.1. The number of rotatable bonds is 6. The first-order chi connectivity index (χ1) is 7.74. The second-order valence-electron chi connectivity index (χ2n) is 4.32. The molecule has 0 aliphatic heterocycles.